The Morgan fingerprint density at radius 2 is 2.05 bits per heavy atom. The average Bonchev–Trinajstić information content (AvgIpc) is 2.48. The molecule has 0 aliphatic rings. The predicted octanol–water partition coefficient (Wildman–Crippen LogP) is 3.01. The monoisotopic (exact) mass is 313 g/mol. The smallest absolute Gasteiger partial charge is 0.260 e. The Morgan fingerprint density at radius 1 is 1.29 bits per heavy atom. The third kappa shape index (κ3) is 5.63. The van der Waals surface area contributed by atoms with Gasteiger partial charge in [-0.05, 0) is 31.4 Å². The molecule has 1 aromatic rings. The van der Waals surface area contributed by atoms with Crippen LogP contribution >= 0.6 is 0 Å². The summed E-state index contributed by atoms with van der Waals surface area (Å²) in [5.41, 5.74) is 0.550. The zero-order valence-corrected chi connectivity index (χ0v) is 14.0. The van der Waals surface area contributed by atoms with Crippen molar-refractivity contribution >= 4 is 15.7 Å². The summed E-state index contributed by atoms with van der Waals surface area (Å²) in [7, 11) is -3.57. The number of aromatic nitrogens is 1. The Morgan fingerprint density at radius 3 is 2.67 bits per heavy atom. The van der Waals surface area contributed by atoms with Crippen molar-refractivity contribution < 1.29 is 8.42 Å². The molecule has 0 radical (unpaired) electrons. The Balaban J connectivity index is 2.77. The van der Waals surface area contributed by atoms with E-state index in [0.29, 0.717) is 24.7 Å². The molecule has 0 aromatic carbocycles. The van der Waals surface area contributed by atoms with E-state index in [4.69, 9.17) is 0 Å². The summed E-state index contributed by atoms with van der Waals surface area (Å²) in [5.74, 6) is 0.381. The van der Waals surface area contributed by atoms with Crippen LogP contribution in [0.3, 0.4) is 0 Å². The zero-order valence-electron chi connectivity index (χ0n) is 13.2. The molecule has 0 amide bonds. The Kier molecular flexibility index (Phi) is 7.67. The van der Waals surface area contributed by atoms with Gasteiger partial charge in [0.15, 0.2) is 5.03 Å². The highest BCUT2D eigenvalue weighted by atomic mass is 32.2. The highest BCUT2D eigenvalue weighted by Crippen LogP contribution is 2.18. The highest BCUT2D eigenvalue weighted by Gasteiger charge is 2.20. The second-order valence-corrected chi connectivity index (χ2v) is 6.84. The van der Waals surface area contributed by atoms with E-state index in [1.165, 1.54) is 6.20 Å². The van der Waals surface area contributed by atoms with Gasteiger partial charge in [-0.25, -0.2) is 18.1 Å². The number of hydrogen-bond acceptors (Lipinski definition) is 4. The summed E-state index contributed by atoms with van der Waals surface area (Å²) < 4.78 is 27.5. The summed E-state index contributed by atoms with van der Waals surface area (Å²) in [6.45, 7) is 7.30. The molecule has 6 heteroatoms. The molecule has 0 aliphatic carbocycles. The van der Waals surface area contributed by atoms with Gasteiger partial charge >= 0.3 is 0 Å². The number of anilines is 1. The summed E-state index contributed by atoms with van der Waals surface area (Å²) in [6, 6.07) is 3.46. The standard InChI is InChI=1S/C15H27N3O2S/c1-4-7-9-13(5-2)12-18-21(19,20)15-14(16-6-3)10-8-11-17-15/h8,10-11,13,16,18H,4-7,9,12H2,1-3H3. The molecule has 0 saturated heterocycles. The highest BCUT2D eigenvalue weighted by molar-refractivity contribution is 7.89. The molecule has 1 heterocycles. The largest absolute Gasteiger partial charge is 0.383 e. The number of nitrogens with zero attached hydrogens (tertiary/aromatic N) is 1. The minimum absolute atomic E-state index is 0.0807. The number of rotatable bonds is 10. The van der Waals surface area contributed by atoms with Crippen LogP contribution in [0.2, 0.25) is 0 Å². The van der Waals surface area contributed by atoms with Gasteiger partial charge in [0.2, 0.25) is 0 Å². The van der Waals surface area contributed by atoms with Crippen molar-refractivity contribution in [3.05, 3.63) is 18.3 Å². The summed E-state index contributed by atoms with van der Waals surface area (Å²) in [5, 5.41) is 3.12. The molecule has 1 aromatic heterocycles. The Labute approximate surface area is 128 Å². The van der Waals surface area contributed by atoms with Gasteiger partial charge in [-0.15, -0.1) is 0 Å². The van der Waals surface area contributed by atoms with E-state index in [9.17, 15) is 8.42 Å². The normalized spacial score (nSPS) is 13.1. The first-order valence-corrected chi connectivity index (χ1v) is 9.22. The zero-order chi connectivity index (χ0) is 15.7. The molecule has 21 heavy (non-hydrogen) atoms. The molecule has 1 rings (SSSR count). The first kappa shape index (κ1) is 17.9. The van der Waals surface area contributed by atoms with Gasteiger partial charge in [0.25, 0.3) is 10.0 Å². The quantitative estimate of drug-likeness (QED) is 0.696. The van der Waals surface area contributed by atoms with E-state index in [-0.39, 0.29) is 5.03 Å². The maximum atomic E-state index is 12.4. The minimum atomic E-state index is -3.57. The van der Waals surface area contributed by atoms with E-state index < -0.39 is 10.0 Å². The molecule has 0 spiro atoms. The summed E-state index contributed by atoms with van der Waals surface area (Å²) in [4.78, 5) is 4.02. The number of unbranched alkanes of at least 4 members (excludes halogenated alkanes) is 1. The van der Waals surface area contributed by atoms with Crippen LogP contribution in [0.25, 0.3) is 0 Å². The molecule has 2 N–H and O–H groups in total. The van der Waals surface area contributed by atoms with Crippen LogP contribution < -0.4 is 10.0 Å². The maximum absolute atomic E-state index is 12.4. The van der Waals surface area contributed by atoms with Crippen LogP contribution in [0.15, 0.2) is 23.4 Å². The van der Waals surface area contributed by atoms with Gasteiger partial charge in [-0.2, -0.15) is 0 Å². The van der Waals surface area contributed by atoms with Crippen LogP contribution in [-0.2, 0) is 10.0 Å². The van der Waals surface area contributed by atoms with Gasteiger partial charge < -0.3 is 5.32 Å². The summed E-state index contributed by atoms with van der Waals surface area (Å²) >= 11 is 0. The van der Waals surface area contributed by atoms with Crippen molar-refractivity contribution in [2.24, 2.45) is 5.92 Å². The number of nitrogens with one attached hydrogen (secondary N) is 2. The van der Waals surface area contributed by atoms with Gasteiger partial charge in [0.1, 0.15) is 0 Å². The fourth-order valence-corrected chi connectivity index (χ4v) is 3.39. The van der Waals surface area contributed by atoms with Crippen molar-refractivity contribution in [2.75, 3.05) is 18.4 Å². The average molecular weight is 313 g/mol. The molecular weight excluding hydrogens is 286 g/mol. The molecule has 0 fully saturated rings. The lowest BCUT2D eigenvalue weighted by Crippen LogP contribution is -2.30. The van der Waals surface area contributed by atoms with E-state index in [1.807, 2.05) is 6.92 Å². The van der Waals surface area contributed by atoms with Crippen molar-refractivity contribution in [2.45, 2.75) is 51.5 Å². The summed E-state index contributed by atoms with van der Waals surface area (Å²) in [6.07, 6.45) is 5.80. The second-order valence-electron chi connectivity index (χ2n) is 5.15. The number of pyridine rings is 1. The predicted molar refractivity (Wildman–Crippen MR) is 86.9 cm³/mol. The van der Waals surface area contributed by atoms with Crippen LogP contribution in [0.4, 0.5) is 5.69 Å². The lowest BCUT2D eigenvalue weighted by atomic mass is 10.00. The molecule has 1 unspecified atom stereocenters. The SMILES string of the molecule is CCCCC(CC)CNS(=O)(=O)c1ncccc1NCC. The van der Waals surface area contributed by atoms with Crippen LogP contribution in [0, 0.1) is 5.92 Å². The van der Waals surface area contributed by atoms with Crippen molar-refractivity contribution in [1.82, 2.24) is 9.71 Å². The Hall–Kier alpha value is -1.14. The van der Waals surface area contributed by atoms with Crippen LogP contribution in [0.1, 0.15) is 46.5 Å². The second kappa shape index (κ2) is 9.00. The van der Waals surface area contributed by atoms with Crippen LogP contribution in [-0.4, -0.2) is 26.5 Å². The van der Waals surface area contributed by atoms with Crippen molar-refractivity contribution in [3.63, 3.8) is 0 Å². The fourth-order valence-electron chi connectivity index (χ4n) is 2.17. The van der Waals surface area contributed by atoms with Gasteiger partial charge in [0, 0.05) is 19.3 Å². The van der Waals surface area contributed by atoms with E-state index in [0.717, 1.165) is 25.7 Å². The topological polar surface area (TPSA) is 71.1 Å². The Bertz CT molecular complexity index is 517. The van der Waals surface area contributed by atoms with Crippen molar-refractivity contribution in [3.8, 4) is 0 Å². The van der Waals surface area contributed by atoms with Gasteiger partial charge in [-0.1, -0.05) is 33.1 Å². The number of sulfonamides is 1. The van der Waals surface area contributed by atoms with Crippen molar-refractivity contribution in [1.29, 1.82) is 0 Å². The first-order valence-electron chi connectivity index (χ1n) is 7.73. The van der Waals surface area contributed by atoms with Gasteiger partial charge in [0.05, 0.1) is 5.69 Å². The molecule has 0 aliphatic heterocycles. The first-order chi connectivity index (χ1) is 10.0. The third-order valence-corrected chi connectivity index (χ3v) is 4.88. The molecule has 5 nitrogen and oxygen atoms in total. The molecule has 120 valence electrons. The minimum Gasteiger partial charge on any atom is -0.383 e. The van der Waals surface area contributed by atoms with Gasteiger partial charge in [-0.3, -0.25) is 0 Å². The lowest BCUT2D eigenvalue weighted by Gasteiger charge is -2.16. The van der Waals surface area contributed by atoms with Crippen LogP contribution in [0.5, 0.6) is 0 Å². The fraction of sp³-hybridized carbons (Fsp3) is 0.667. The molecule has 1 atom stereocenters. The number of hydrogen-bond donors (Lipinski definition) is 2. The van der Waals surface area contributed by atoms with E-state index >= 15 is 0 Å². The maximum Gasteiger partial charge on any atom is 0.260 e. The molecular formula is C15H27N3O2S. The molecule has 0 bridgehead atoms. The van der Waals surface area contributed by atoms with E-state index in [2.05, 4.69) is 28.9 Å². The molecule has 0 saturated carbocycles. The third-order valence-electron chi connectivity index (χ3n) is 3.50. The lowest BCUT2D eigenvalue weighted by molar-refractivity contribution is 0.443. The van der Waals surface area contributed by atoms with E-state index in [1.54, 1.807) is 12.1 Å².